The maximum atomic E-state index is 13.7. The van der Waals surface area contributed by atoms with E-state index in [0.29, 0.717) is 17.1 Å². The SMILES string of the molecule is Fc1cc(C#Cc2ccccc2)cc(Oc2cccnc2)c1. The normalized spacial score (nSPS) is 9.68. The molecule has 0 bridgehead atoms. The number of nitrogens with zero attached hydrogens (tertiary/aromatic N) is 1. The third kappa shape index (κ3) is 3.71. The van der Waals surface area contributed by atoms with E-state index in [0.717, 1.165) is 5.56 Å². The van der Waals surface area contributed by atoms with E-state index in [-0.39, 0.29) is 0 Å². The Morgan fingerprint density at radius 2 is 1.64 bits per heavy atom. The summed E-state index contributed by atoms with van der Waals surface area (Å²) < 4.78 is 19.3. The minimum Gasteiger partial charge on any atom is -0.456 e. The summed E-state index contributed by atoms with van der Waals surface area (Å²) in [5.74, 6) is 6.49. The highest BCUT2D eigenvalue weighted by Crippen LogP contribution is 2.22. The Balaban J connectivity index is 1.86. The van der Waals surface area contributed by atoms with Crippen LogP contribution in [0.2, 0.25) is 0 Å². The van der Waals surface area contributed by atoms with Crippen molar-refractivity contribution in [3.63, 3.8) is 0 Å². The van der Waals surface area contributed by atoms with Crippen LogP contribution in [-0.2, 0) is 0 Å². The maximum absolute atomic E-state index is 13.7. The van der Waals surface area contributed by atoms with Crippen LogP contribution in [0.3, 0.4) is 0 Å². The molecule has 0 fully saturated rings. The second kappa shape index (κ2) is 6.55. The molecule has 1 heterocycles. The van der Waals surface area contributed by atoms with Crippen LogP contribution in [0.4, 0.5) is 4.39 Å². The van der Waals surface area contributed by atoms with Gasteiger partial charge in [-0.05, 0) is 36.4 Å². The Morgan fingerprint density at radius 3 is 2.41 bits per heavy atom. The number of benzene rings is 2. The van der Waals surface area contributed by atoms with Crippen LogP contribution in [0, 0.1) is 17.7 Å². The first-order chi connectivity index (χ1) is 10.8. The number of aromatic nitrogens is 1. The van der Waals surface area contributed by atoms with Crippen molar-refractivity contribution in [1.29, 1.82) is 0 Å². The predicted octanol–water partition coefficient (Wildman–Crippen LogP) is 4.41. The van der Waals surface area contributed by atoms with Crippen LogP contribution in [-0.4, -0.2) is 4.98 Å². The molecular weight excluding hydrogens is 277 g/mol. The van der Waals surface area contributed by atoms with Crippen molar-refractivity contribution in [1.82, 2.24) is 4.98 Å². The van der Waals surface area contributed by atoms with Crippen molar-refractivity contribution in [3.05, 3.63) is 90.0 Å². The van der Waals surface area contributed by atoms with E-state index in [1.54, 1.807) is 30.6 Å². The van der Waals surface area contributed by atoms with Gasteiger partial charge in [0.15, 0.2) is 0 Å². The Hall–Kier alpha value is -3.12. The Morgan fingerprint density at radius 1 is 0.818 bits per heavy atom. The van der Waals surface area contributed by atoms with Crippen molar-refractivity contribution in [2.45, 2.75) is 0 Å². The number of halogens is 1. The summed E-state index contributed by atoms with van der Waals surface area (Å²) in [6.07, 6.45) is 3.22. The molecule has 0 saturated carbocycles. The van der Waals surface area contributed by atoms with Gasteiger partial charge in [0, 0.05) is 23.4 Å². The average molecular weight is 289 g/mol. The van der Waals surface area contributed by atoms with E-state index in [2.05, 4.69) is 16.8 Å². The Kier molecular flexibility index (Phi) is 4.12. The van der Waals surface area contributed by atoms with Crippen molar-refractivity contribution >= 4 is 0 Å². The quantitative estimate of drug-likeness (QED) is 0.652. The van der Waals surface area contributed by atoms with Crippen molar-refractivity contribution < 1.29 is 9.13 Å². The van der Waals surface area contributed by atoms with E-state index in [9.17, 15) is 4.39 Å². The molecule has 0 saturated heterocycles. The van der Waals surface area contributed by atoms with Crippen LogP contribution < -0.4 is 4.74 Å². The highest BCUT2D eigenvalue weighted by molar-refractivity contribution is 5.46. The topological polar surface area (TPSA) is 22.1 Å². The van der Waals surface area contributed by atoms with Gasteiger partial charge in [0.05, 0.1) is 6.20 Å². The fourth-order valence-electron chi connectivity index (χ4n) is 1.90. The molecule has 0 aliphatic carbocycles. The summed E-state index contributed by atoms with van der Waals surface area (Å²) in [7, 11) is 0. The second-order valence-electron chi connectivity index (χ2n) is 4.58. The molecule has 1 aromatic heterocycles. The molecule has 106 valence electrons. The van der Waals surface area contributed by atoms with Crippen molar-refractivity contribution in [3.8, 4) is 23.3 Å². The van der Waals surface area contributed by atoms with E-state index >= 15 is 0 Å². The number of rotatable bonds is 2. The molecule has 2 nitrogen and oxygen atoms in total. The summed E-state index contributed by atoms with van der Waals surface area (Å²) >= 11 is 0. The third-order valence-electron chi connectivity index (χ3n) is 2.87. The van der Waals surface area contributed by atoms with Gasteiger partial charge in [-0.25, -0.2) is 4.39 Å². The number of pyridine rings is 1. The van der Waals surface area contributed by atoms with Gasteiger partial charge in [-0.2, -0.15) is 0 Å². The van der Waals surface area contributed by atoms with Gasteiger partial charge in [-0.15, -0.1) is 0 Å². The lowest BCUT2D eigenvalue weighted by Crippen LogP contribution is -1.88. The van der Waals surface area contributed by atoms with Crippen LogP contribution in [0.15, 0.2) is 73.1 Å². The molecule has 0 amide bonds. The number of hydrogen-bond acceptors (Lipinski definition) is 2. The van der Waals surface area contributed by atoms with Gasteiger partial charge < -0.3 is 4.74 Å². The summed E-state index contributed by atoms with van der Waals surface area (Å²) in [4.78, 5) is 3.95. The molecular formula is C19H12FNO. The zero-order valence-electron chi connectivity index (χ0n) is 11.7. The van der Waals surface area contributed by atoms with Crippen molar-refractivity contribution in [2.24, 2.45) is 0 Å². The van der Waals surface area contributed by atoms with Gasteiger partial charge in [-0.1, -0.05) is 30.0 Å². The lowest BCUT2D eigenvalue weighted by molar-refractivity contribution is 0.474. The summed E-state index contributed by atoms with van der Waals surface area (Å²) in [6, 6.07) is 17.5. The monoisotopic (exact) mass is 289 g/mol. The highest BCUT2D eigenvalue weighted by Gasteiger charge is 2.02. The summed E-state index contributed by atoms with van der Waals surface area (Å²) in [5.41, 5.74) is 1.43. The zero-order valence-corrected chi connectivity index (χ0v) is 11.7. The Labute approximate surface area is 128 Å². The molecule has 0 atom stereocenters. The van der Waals surface area contributed by atoms with Gasteiger partial charge in [0.25, 0.3) is 0 Å². The molecule has 0 spiro atoms. The summed E-state index contributed by atoms with van der Waals surface area (Å²) in [6.45, 7) is 0. The lowest BCUT2D eigenvalue weighted by atomic mass is 10.1. The van der Waals surface area contributed by atoms with E-state index in [1.807, 2.05) is 30.3 Å². The van der Waals surface area contributed by atoms with Gasteiger partial charge in [0.1, 0.15) is 17.3 Å². The van der Waals surface area contributed by atoms with Gasteiger partial charge >= 0.3 is 0 Å². The second-order valence-corrected chi connectivity index (χ2v) is 4.58. The molecule has 3 aromatic rings. The first-order valence-electron chi connectivity index (χ1n) is 6.75. The minimum absolute atomic E-state index is 0.390. The van der Waals surface area contributed by atoms with Crippen LogP contribution >= 0.6 is 0 Å². The maximum Gasteiger partial charge on any atom is 0.145 e. The number of hydrogen-bond donors (Lipinski definition) is 0. The molecule has 0 aliphatic heterocycles. The molecule has 0 radical (unpaired) electrons. The highest BCUT2D eigenvalue weighted by atomic mass is 19.1. The molecule has 0 N–H and O–H groups in total. The van der Waals surface area contributed by atoms with Gasteiger partial charge in [0.2, 0.25) is 0 Å². The smallest absolute Gasteiger partial charge is 0.145 e. The van der Waals surface area contributed by atoms with Crippen LogP contribution in [0.5, 0.6) is 11.5 Å². The average Bonchev–Trinajstić information content (AvgIpc) is 2.54. The number of ether oxygens (including phenoxy) is 1. The van der Waals surface area contributed by atoms with E-state index in [1.165, 1.54) is 12.1 Å². The molecule has 0 unspecified atom stereocenters. The first kappa shape index (κ1) is 13.8. The standard InChI is InChI=1S/C19H12FNO/c20-17-11-16(9-8-15-5-2-1-3-6-15)12-19(13-17)22-18-7-4-10-21-14-18/h1-7,10-14H. The zero-order chi connectivity index (χ0) is 15.2. The fraction of sp³-hybridized carbons (Fsp3) is 0. The third-order valence-corrected chi connectivity index (χ3v) is 2.87. The first-order valence-corrected chi connectivity index (χ1v) is 6.75. The molecule has 0 aliphatic rings. The fourth-order valence-corrected chi connectivity index (χ4v) is 1.90. The minimum atomic E-state index is -0.390. The predicted molar refractivity (Wildman–Crippen MR) is 83.1 cm³/mol. The van der Waals surface area contributed by atoms with E-state index < -0.39 is 5.82 Å². The molecule has 3 heteroatoms. The Bertz CT molecular complexity index is 820. The van der Waals surface area contributed by atoms with Crippen molar-refractivity contribution in [2.75, 3.05) is 0 Å². The van der Waals surface area contributed by atoms with Crippen LogP contribution in [0.1, 0.15) is 11.1 Å². The van der Waals surface area contributed by atoms with Crippen LogP contribution in [0.25, 0.3) is 0 Å². The van der Waals surface area contributed by atoms with E-state index in [4.69, 9.17) is 4.74 Å². The summed E-state index contributed by atoms with van der Waals surface area (Å²) in [5, 5.41) is 0. The van der Waals surface area contributed by atoms with Gasteiger partial charge in [-0.3, -0.25) is 4.98 Å². The molecule has 2 aromatic carbocycles. The molecule has 3 rings (SSSR count). The lowest BCUT2D eigenvalue weighted by Gasteiger charge is -2.05. The largest absolute Gasteiger partial charge is 0.456 e. The molecule has 22 heavy (non-hydrogen) atoms.